The van der Waals surface area contributed by atoms with Crippen molar-refractivity contribution in [3.05, 3.63) is 47.8 Å². The Morgan fingerprint density at radius 2 is 1.92 bits per heavy atom. The van der Waals surface area contributed by atoms with Crippen LogP contribution in [0.3, 0.4) is 0 Å². The first kappa shape index (κ1) is 8.13. The summed E-state index contributed by atoms with van der Waals surface area (Å²) in [5.41, 5.74) is 2.09. The van der Waals surface area contributed by atoms with Gasteiger partial charge in [-0.05, 0) is 11.6 Å². The van der Waals surface area contributed by atoms with Crippen LogP contribution in [0.2, 0.25) is 0 Å². The van der Waals surface area contributed by atoms with Gasteiger partial charge in [-0.2, -0.15) is 8.75 Å². The number of benzene rings is 1. The van der Waals surface area contributed by atoms with Crippen molar-refractivity contribution in [3.63, 3.8) is 0 Å². The molecule has 0 N–H and O–H groups in total. The van der Waals surface area contributed by atoms with Crippen molar-refractivity contribution in [2.24, 2.45) is 0 Å². The van der Waals surface area contributed by atoms with Crippen molar-refractivity contribution in [2.45, 2.75) is 0 Å². The average molecular weight is 188 g/mol. The summed E-state index contributed by atoms with van der Waals surface area (Å²) in [5, 5.41) is 0. The molecule has 0 atom stereocenters. The van der Waals surface area contributed by atoms with Gasteiger partial charge in [-0.3, -0.25) is 0 Å². The van der Waals surface area contributed by atoms with Crippen LogP contribution >= 0.6 is 11.7 Å². The van der Waals surface area contributed by atoms with Crippen molar-refractivity contribution in [3.8, 4) is 0 Å². The maximum atomic E-state index is 4.08. The molecule has 0 spiro atoms. The molecule has 64 valence electrons. The van der Waals surface area contributed by atoms with Gasteiger partial charge < -0.3 is 0 Å². The van der Waals surface area contributed by atoms with E-state index < -0.39 is 0 Å². The molecule has 2 rings (SSSR count). The molecule has 0 bridgehead atoms. The van der Waals surface area contributed by atoms with Gasteiger partial charge in [0, 0.05) is 0 Å². The van der Waals surface area contributed by atoms with E-state index in [9.17, 15) is 0 Å². The van der Waals surface area contributed by atoms with Crippen molar-refractivity contribution < 1.29 is 0 Å². The first-order valence-corrected chi connectivity index (χ1v) is 4.69. The minimum Gasteiger partial charge on any atom is -0.181 e. The van der Waals surface area contributed by atoms with Gasteiger partial charge in [-0.15, -0.1) is 0 Å². The zero-order valence-corrected chi connectivity index (χ0v) is 7.74. The Balaban J connectivity index is 2.15. The number of nitrogens with zero attached hydrogens (tertiary/aromatic N) is 2. The van der Waals surface area contributed by atoms with E-state index in [0.717, 1.165) is 5.69 Å². The standard InChI is InChI=1S/C10H8N2S/c1-2-4-9(5-3-1)6-7-10-8-11-13-12-10/h1-8H/b7-6+. The molecule has 1 aromatic carbocycles. The minimum absolute atomic E-state index is 0.911. The molecule has 0 aliphatic carbocycles. The normalized spacial score (nSPS) is 10.8. The van der Waals surface area contributed by atoms with Crippen LogP contribution in [0.25, 0.3) is 12.2 Å². The van der Waals surface area contributed by atoms with Crippen LogP contribution in [0, 0.1) is 0 Å². The lowest BCUT2D eigenvalue weighted by molar-refractivity contribution is 1.48. The lowest BCUT2D eigenvalue weighted by Gasteiger charge is -1.88. The van der Waals surface area contributed by atoms with Gasteiger partial charge in [0.25, 0.3) is 0 Å². The van der Waals surface area contributed by atoms with E-state index in [1.807, 2.05) is 30.4 Å². The molecule has 0 aliphatic rings. The summed E-state index contributed by atoms with van der Waals surface area (Å²) < 4.78 is 7.99. The quantitative estimate of drug-likeness (QED) is 0.724. The van der Waals surface area contributed by atoms with Crippen molar-refractivity contribution in [1.29, 1.82) is 0 Å². The predicted molar refractivity (Wildman–Crippen MR) is 55.3 cm³/mol. The number of hydrogen-bond acceptors (Lipinski definition) is 3. The lowest BCUT2D eigenvalue weighted by Crippen LogP contribution is -1.69. The van der Waals surface area contributed by atoms with Crippen LogP contribution in [-0.4, -0.2) is 8.75 Å². The zero-order chi connectivity index (χ0) is 8.93. The number of aromatic nitrogens is 2. The Kier molecular flexibility index (Phi) is 2.48. The van der Waals surface area contributed by atoms with E-state index in [2.05, 4.69) is 20.9 Å². The third-order valence-corrected chi connectivity index (χ3v) is 2.12. The first-order valence-electron chi connectivity index (χ1n) is 3.96. The fraction of sp³-hybridized carbons (Fsp3) is 0. The fourth-order valence-corrected chi connectivity index (χ4v) is 1.40. The summed E-state index contributed by atoms with van der Waals surface area (Å²) >= 11 is 1.22. The Morgan fingerprint density at radius 3 is 2.62 bits per heavy atom. The maximum Gasteiger partial charge on any atom is 0.0969 e. The molecule has 2 aromatic rings. The van der Waals surface area contributed by atoms with Crippen LogP contribution < -0.4 is 0 Å². The Bertz CT molecular complexity index is 379. The summed E-state index contributed by atoms with van der Waals surface area (Å²) in [6, 6.07) is 10.1. The van der Waals surface area contributed by atoms with Gasteiger partial charge in [0.05, 0.1) is 23.6 Å². The van der Waals surface area contributed by atoms with Crippen LogP contribution in [0.15, 0.2) is 36.5 Å². The van der Waals surface area contributed by atoms with Crippen molar-refractivity contribution in [1.82, 2.24) is 8.75 Å². The molecule has 13 heavy (non-hydrogen) atoms. The van der Waals surface area contributed by atoms with Gasteiger partial charge in [-0.1, -0.05) is 36.4 Å². The molecule has 3 heteroatoms. The monoisotopic (exact) mass is 188 g/mol. The third kappa shape index (κ3) is 2.23. The average Bonchev–Trinajstić information content (AvgIpc) is 2.69. The minimum atomic E-state index is 0.911. The third-order valence-electron chi connectivity index (χ3n) is 1.62. The largest absolute Gasteiger partial charge is 0.181 e. The summed E-state index contributed by atoms with van der Waals surface area (Å²) in [6.45, 7) is 0. The smallest absolute Gasteiger partial charge is 0.0969 e. The SMILES string of the molecule is C(=C\c1cnsn1)/c1ccccc1. The summed E-state index contributed by atoms with van der Waals surface area (Å²) in [4.78, 5) is 0. The topological polar surface area (TPSA) is 25.8 Å². The van der Waals surface area contributed by atoms with Crippen LogP contribution in [0.4, 0.5) is 0 Å². The molecule has 0 aliphatic heterocycles. The van der Waals surface area contributed by atoms with Gasteiger partial charge in [0.2, 0.25) is 0 Å². The molecule has 1 aromatic heterocycles. The van der Waals surface area contributed by atoms with Crippen LogP contribution in [-0.2, 0) is 0 Å². The summed E-state index contributed by atoms with van der Waals surface area (Å²) in [5.74, 6) is 0. The van der Waals surface area contributed by atoms with Gasteiger partial charge in [0.15, 0.2) is 0 Å². The molecule has 0 unspecified atom stereocenters. The highest BCUT2D eigenvalue weighted by Gasteiger charge is 1.88. The van der Waals surface area contributed by atoms with E-state index in [-0.39, 0.29) is 0 Å². The van der Waals surface area contributed by atoms with Crippen molar-refractivity contribution in [2.75, 3.05) is 0 Å². The Morgan fingerprint density at radius 1 is 1.08 bits per heavy atom. The molecule has 0 radical (unpaired) electrons. The second-order valence-corrected chi connectivity index (χ2v) is 3.13. The van der Waals surface area contributed by atoms with Gasteiger partial charge >= 0.3 is 0 Å². The highest BCUT2D eigenvalue weighted by atomic mass is 32.1. The Labute approximate surface area is 80.9 Å². The highest BCUT2D eigenvalue weighted by molar-refractivity contribution is 6.99. The van der Waals surface area contributed by atoms with Gasteiger partial charge in [0.1, 0.15) is 0 Å². The van der Waals surface area contributed by atoms with E-state index in [4.69, 9.17) is 0 Å². The molecule has 2 nitrogen and oxygen atoms in total. The molecule has 1 heterocycles. The molecular formula is C10H8N2S. The summed E-state index contributed by atoms with van der Waals surface area (Å²) in [6.07, 6.45) is 5.74. The van der Waals surface area contributed by atoms with Gasteiger partial charge in [-0.25, -0.2) is 0 Å². The highest BCUT2D eigenvalue weighted by Crippen LogP contribution is 2.05. The van der Waals surface area contributed by atoms with E-state index in [0.29, 0.717) is 0 Å². The molecule has 0 amide bonds. The van der Waals surface area contributed by atoms with Crippen molar-refractivity contribution >= 4 is 23.9 Å². The Hall–Kier alpha value is -1.48. The van der Waals surface area contributed by atoms with E-state index >= 15 is 0 Å². The fourth-order valence-electron chi connectivity index (χ4n) is 0.991. The first-order chi connectivity index (χ1) is 6.45. The number of hydrogen-bond donors (Lipinski definition) is 0. The van der Waals surface area contributed by atoms with Crippen LogP contribution in [0.5, 0.6) is 0 Å². The second kappa shape index (κ2) is 3.96. The summed E-state index contributed by atoms with van der Waals surface area (Å²) in [7, 11) is 0. The predicted octanol–water partition coefficient (Wildman–Crippen LogP) is 2.71. The molecule has 0 saturated heterocycles. The number of rotatable bonds is 2. The second-order valence-electron chi connectivity index (χ2n) is 2.58. The van der Waals surface area contributed by atoms with E-state index in [1.54, 1.807) is 6.20 Å². The zero-order valence-electron chi connectivity index (χ0n) is 6.92. The van der Waals surface area contributed by atoms with E-state index in [1.165, 1.54) is 17.3 Å². The lowest BCUT2D eigenvalue weighted by atomic mass is 10.2. The molecule has 0 saturated carbocycles. The van der Waals surface area contributed by atoms with Crippen LogP contribution in [0.1, 0.15) is 11.3 Å². The maximum absolute atomic E-state index is 4.08. The molecule has 0 fully saturated rings. The molecular weight excluding hydrogens is 180 g/mol.